The molecule has 0 radical (unpaired) electrons. The summed E-state index contributed by atoms with van der Waals surface area (Å²) in [4.78, 5) is 33.2. The number of hydrogen-bond donors (Lipinski definition) is 2. The summed E-state index contributed by atoms with van der Waals surface area (Å²) < 4.78 is 0. The molecule has 0 bridgehead atoms. The Bertz CT molecular complexity index is 916. The summed E-state index contributed by atoms with van der Waals surface area (Å²) in [6.45, 7) is 10.7. The Morgan fingerprint density at radius 2 is 1.90 bits per heavy atom. The molecule has 0 unspecified atom stereocenters. The number of benzene rings is 1. The Kier molecular flexibility index (Phi) is 7.00. The van der Waals surface area contributed by atoms with Gasteiger partial charge in [-0.25, -0.2) is 4.98 Å². The average Bonchev–Trinajstić information content (AvgIpc) is 3.12. The van der Waals surface area contributed by atoms with Gasteiger partial charge in [-0.15, -0.1) is 11.3 Å². The van der Waals surface area contributed by atoms with Crippen molar-refractivity contribution in [2.75, 3.05) is 38.0 Å². The van der Waals surface area contributed by atoms with Crippen molar-refractivity contribution >= 4 is 45.6 Å². The molecule has 2 aromatic rings. The number of carbonyl (C=O) groups is 2. The second kappa shape index (κ2) is 9.32. The van der Waals surface area contributed by atoms with Gasteiger partial charge in [-0.2, -0.15) is 0 Å². The summed E-state index contributed by atoms with van der Waals surface area (Å²) in [6.07, 6.45) is 0. The van der Waals surface area contributed by atoms with Crippen LogP contribution in [0.5, 0.6) is 0 Å². The topological polar surface area (TPSA) is 77.6 Å². The smallest absolute Gasteiger partial charge is 0.273 e. The molecule has 9 heteroatoms. The monoisotopic (exact) mass is 449 g/mol. The largest absolute Gasteiger partial charge is 0.350 e. The van der Waals surface area contributed by atoms with E-state index in [4.69, 9.17) is 11.6 Å². The van der Waals surface area contributed by atoms with Gasteiger partial charge in [0, 0.05) is 47.8 Å². The van der Waals surface area contributed by atoms with Crippen LogP contribution in [0.4, 0.5) is 10.8 Å². The number of amides is 2. The summed E-state index contributed by atoms with van der Waals surface area (Å²) in [5, 5.41) is 9.28. The zero-order valence-corrected chi connectivity index (χ0v) is 19.4. The molecule has 30 heavy (non-hydrogen) atoms. The Morgan fingerprint density at radius 1 is 1.20 bits per heavy atom. The van der Waals surface area contributed by atoms with Crippen LogP contribution in [-0.4, -0.2) is 64.9 Å². The standard InChI is InChI=1S/C21H28ClN5O2S/c1-14-5-6-15(22)11-16(14)23-20-24-17(13-30-20)19(29)27-9-7-26(8-10-27)12-18(28)25-21(2,3)4/h5-6,11,13H,7-10,12H2,1-4H3,(H,23,24)(H,25,28). The van der Waals surface area contributed by atoms with E-state index in [0.717, 1.165) is 11.3 Å². The first-order valence-electron chi connectivity index (χ1n) is 9.92. The number of carbonyl (C=O) groups excluding carboxylic acids is 2. The average molecular weight is 450 g/mol. The van der Waals surface area contributed by atoms with Gasteiger partial charge in [0.25, 0.3) is 5.91 Å². The van der Waals surface area contributed by atoms with Gasteiger partial charge in [0.05, 0.1) is 6.54 Å². The molecule has 7 nitrogen and oxygen atoms in total. The van der Waals surface area contributed by atoms with Crippen LogP contribution in [0.15, 0.2) is 23.6 Å². The highest BCUT2D eigenvalue weighted by molar-refractivity contribution is 7.14. The summed E-state index contributed by atoms with van der Waals surface area (Å²) in [5.41, 5.74) is 2.11. The minimum atomic E-state index is -0.241. The molecule has 162 valence electrons. The van der Waals surface area contributed by atoms with Crippen molar-refractivity contribution in [3.05, 3.63) is 39.9 Å². The summed E-state index contributed by atoms with van der Waals surface area (Å²) in [5.74, 6) is -0.0743. The van der Waals surface area contributed by atoms with Gasteiger partial charge in [0.1, 0.15) is 5.69 Å². The van der Waals surface area contributed by atoms with E-state index in [-0.39, 0.29) is 17.4 Å². The lowest BCUT2D eigenvalue weighted by molar-refractivity contribution is -0.124. The lowest BCUT2D eigenvalue weighted by Gasteiger charge is -2.34. The SMILES string of the molecule is Cc1ccc(Cl)cc1Nc1nc(C(=O)N2CCN(CC(=O)NC(C)(C)C)CC2)cs1. The van der Waals surface area contributed by atoms with E-state index in [2.05, 4.69) is 20.5 Å². The van der Waals surface area contributed by atoms with Gasteiger partial charge in [0.2, 0.25) is 5.91 Å². The third kappa shape index (κ3) is 6.17. The zero-order valence-electron chi connectivity index (χ0n) is 17.8. The molecule has 3 rings (SSSR count). The fourth-order valence-electron chi connectivity index (χ4n) is 3.21. The van der Waals surface area contributed by atoms with Crippen molar-refractivity contribution in [2.24, 2.45) is 0 Å². The van der Waals surface area contributed by atoms with Gasteiger partial charge in [0.15, 0.2) is 5.13 Å². The van der Waals surface area contributed by atoms with E-state index in [1.54, 1.807) is 10.3 Å². The highest BCUT2D eigenvalue weighted by atomic mass is 35.5. The summed E-state index contributed by atoms with van der Waals surface area (Å²) >= 11 is 7.46. The number of thiazole rings is 1. The van der Waals surface area contributed by atoms with E-state index in [1.165, 1.54) is 11.3 Å². The zero-order chi connectivity index (χ0) is 21.9. The van der Waals surface area contributed by atoms with Gasteiger partial charge >= 0.3 is 0 Å². The maximum atomic E-state index is 12.8. The molecule has 1 fully saturated rings. The van der Waals surface area contributed by atoms with Crippen LogP contribution in [0, 0.1) is 6.92 Å². The van der Waals surface area contributed by atoms with Crippen LogP contribution in [0.25, 0.3) is 0 Å². The number of rotatable bonds is 5. The number of aromatic nitrogens is 1. The predicted molar refractivity (Wildman–Crippen MR) is 122 cm³/mol. The van der Waals surface area contributed by atoms with Crippen LogP contribution in [-0.2, 0) is 4.79 Å². The fraction of sp³-hybridized carbons (Fsp3) is 0.476. The Morgan fingerprint density at radius 3 is 2.57 bits per heavy atom. The Labute approximate surface area is 186 Å². The molecule has 2 N–H and O–H groups in total. The molecule has 1 aromatic carbocycles. The molecule has 0 spiro atoms. The second-order valence-electron chi connectivity index (χ2n) is 8.49. The van der Waals surface area contributed by atoms with E-state index < -0.39 is 0 Å². The summed E-state index contributed by atoms with van der Waals surface area (Å²) in [7, 11) is 0. The quantitative estimate of drug-likeness (QED) is 0.730. The number of halogens is 1. The molecule has 2 heterocycles. The van der Waals surface area contributed by atoms with Crippen LogP contribution < -0.4 is 10.6 Å². The molecular weight excluding hydrogens is 422 g/mol. The highest BCUT2D eigenvalue weighted by Gasteiger charge is 2.25. The van der Waals surface area contributed by atoms with Gasteiger partial charge in [-0.1, -0.05) is 17.7 Å². The van der Waals surface area contributed by atoms with Crippen LogP contribution >= 0.6 is 22.9 Å². The lowest BCUT2D eigenvalue weighted by Crippen LogP contribution is -2.52. The normalized spacial score (nSPS) is 15.2. The minimum Gasteiger partial charge on any atom is -0.350 e. The van der Waals surface area contributed by atoms with Crippen LogP contribution in [0.2, 0.25) is 5.02 Å². The van der Waals surface area contributed by atoms with E-state index in [1.807, 2.05) is 45.9 Å². The Hall–Kier alpha value is -2.16. The number of aryl methyl sites for hydroxylation is 1. The molecule has 2 amide bonds. The molecule has 1 aliphatic heterocycles. The molecular formula is C21H28ClN5O2S. The van der Waals surface area contributed by atoms with Crippen molar-refractivity contribution < 1.29 is 9.59 Å². The third-order valence-corrected chi connectivity index (χ3v) is 5.70. The molecule has 1 saturated heterocycles. The predicted octanol–water partition coefficient (Wildman–Crippen LogP) is 3.52. The van der Waals surface area contributed by atoms with Gasteiger partial charge in [-0.3, -0.25) is 14.5 Å². The first kappa shape index (κ1) is 22.5. The number of hydrogen-bond acceptors (Lipinski definition) is 6. The number of anilines is 2. The lowest BCUT2D eigenvalue weighted by atomic mass is 10.1. The third-order valence-electron chi connectivity index (χ3n) is 4.71. The Balaban J connectivity index is 1.53. The van der Waals surface area contributed by atoms with E-state index >= 15 is 0 Å². The molecule has 0 saturated carbocycles. The van der Waals surface area contributed by atoms with Crippen molar-refractivity contribution in [2.45, 2.75) is 33.2 Å². The minimum absolute atomic E-state index is 0.00815. The first-order chi connectivity index (χ1) is 14.1. The van der Waals surface area contributed by atoms with Crippen molar-refractivity contribution in [1.82, 2.24) is 20.1 Å². The van der Waals surface area contributed by atoms with E-state index in [0.29, 0.717) is 48.6 Å². The van der Waals surface area contributed by atoms with E-state index in [9.17, 15) is 9.59 Å². The number of nitrogens with zero attached hydrogens (tertiary/aromatic N) is 3. The second-order valence-corrected chi connectivity index (χ2v) is 9.78. The van der Waals surface area contributed by atoms with Crippen LogP contribution in [0.3, 0.4) is 0 Å². The van der Waals surface area contributed by atoms with Gasteiger partial charge < -0.3 is 15.5 Å². The van der Waals surface area contributed by atoms with Crippen molar-refractivity contribution in [3.8, 4) is 0 Å². The number of nitrogens with one attached hydrogen (secondary N) is 2. The maximum absolute atomic E-state index is 12.8. The number of piperazine rings is 1. The maximum Gasteiger partial charge on any atom is 0.273 e. The highest BCUT2D eigenvalue weighted by Crippen LogP contribution is 2.26. The van der Waals surface area contributed by atoms with Crippen molar-refractivity contribution in [1.29, 1.82) is 0 Å². The fourth-order valence-corrected chi connectivity index (χ4v) is 4.07. The molecule has 1 aromatic heterocycles. The van der Waals surface area contributed by atoms with Crippen LogP contribution in [0.1, 0.15) is 36.8 Å². The molecule has 0 aliphatic carbocycles. The summed E-state index contributed by atoms with van der Waals surface area (Å²) in [6, 6.07) is 5.62. The first-order valence-corrected chi connectivity index (χ1v) is 11.2. The molecule has 1 aliphatic rings. The van der Waals surface area contributed by atoms with Gasteiger partial charge in [-0.05, 0) is 45.4 Å². The van der Waals surface area contributed by atoms with Crippen molar-refractivity contribution in [3.63, 3.8) is 0 Å². The molecule has 0 atom stereocenters.